The summed E-state index contributed by atoms with van der Waals surface area (Å²) in [4.78, 5) is 23.8. The molecule has 0 radical (unpaired) electrons. The van der Waals surface area contributed by atoms with E-state index in [1.165, 1.54) is 23.1 Å². The fraction of sp³-hybridized carbons (Fsp3) is 0.0667. The number of nitrogens with one attached hydrogen (secondary N) is 1. The molecule has 0 atom stereocenters. The van der Waals surface area contributed by atoms with Gasteiger partial charge in [-0.15, -0.1) is 21.5 Å². The molecule has 9 heteroatoms. The van der Waals surface area contributed by atoms with Gasteiger partial charge in [0.1, 0.15) is 0 Å². The Hall–Kier alpha value is -2.65. The summed E-state index contributed by atoms with van der Waals surface area (Å²) >= 11 is 2.69. The molecule has 0 aliphatic rings. The van der Waals surface area contributed by atoms with Gasteiger partial charge in [-0.05, 0) is 35.7 Å². The van der Waals surface area contributed by atoms with Crippen LogP contribution in [0.4, 0.5) is 10.5 Å². The first-order valence-corrected chi connectivity index (χ1v) is 8.68. The van der Waals surface area contributed by atoms with E-state index >= 15 is 0 Å². The lowest BCUT2D eigenvalue weighted by molar-refractivity contribution is 0.102. The standard InChI is InChI=1S/C15H12N4O3S2/c16-14(21)17-10-5-3-9(4-6-10)11(20)8-24-15-19-18-13(22-15)12-2-1-7-23-12/h1-7H,8H2,(H3,16,17,21). The van der Waals surface area contributed by atoms with Gasteiger partial charge < -0.3 is 15.5 Å². The number of thioether (sulfide) groups is 1. The van der Waals surface area contributed by atoms with E-state index in [1.54, 1.807) is 24.3 Å². The van der Waals surface area contributed by atoms with E-state index in [0.717, 1.165) is 4.88 Å². The summed E-state index contributed by atoms with van der Waals surface area (Å²) < 4.78 is 5.51. The number of primary amides is 1. The fourth-order valence-electron chi connectivity index (χ4n) is 1.86. The van der Waals surface area contributed by atoms with Crippen molar-refractivity contribution in [3.8, 4) is 10.8 Å². The van der Waals surface area contributed by atoms with Crippen molar-refractivity contribution in [2.24, 2.45) is 5.73 Å². The quantitative estimate of drug-likeness (QED) is 0.515. The molecule has 1 aromatic carbocycles. The molecule has 3 aromatic rings. The number of benzene rings is 1. The van der Waals surface area contributed by atoms with E-state index in [-0.39, 0.29) is 11.5 Å². The minimum Gasteiger partial charge on any atom is -0.410 e. The molecule has 0 saturated heterocycles. The number of aromatic nitrogens is 2. The van der Waals surface area contributed by atoms with Crippen molar-refractivity contribution in [2.75, 3.05) is 11.1 Å². The number of ketones is 1. The van der Waals surface area contributed by atoms with Gasteiger partial charge in [-0.25, -0.2) is 4.79 Å². The number of carbonyl (C=O) groups is 2. The third kappa shape index (κ3) is 4.00. The molecule has 0 spiro atoms. The molecule has 7 nitrogen and oxygen atoms in total. The molecule has 2 amide bonds. The minimum atomic E-state index is -0.650. The zero-order chi connectivity index (χ0) is 16.9. The lowest BCUT2D eigenvalue weighted by atomic mass is 10.1. The van der Waals surface area contributed by atoms with Crippen LogP contribution >= 0.6 is 23.1 Å². The maximum Gasteiger partial charge on any atom is 0.316 e. The Morgan fingerprint density at radius 3 is 2.67 bits per heavy atom. The second-order valence-electron chi connectivity index (χ2n) is 4.63. The van der Waals surface area contributed by atoms with E-state index in [2.05, 4.69) is 15.5 Å². The van der Waals surface area contributed by atoms with Crippen molar-refractivity contribution in [1.82, 2.24) is 10.2 Å². The Morgan fingerprint density at radius 2 is 2.00 bits per heavy atom. The van der Waals surface area contributed by atoms with Crippen LogP contribution in [0.3, 0.4) is 0 Å². The third-order valence-electron chi connectivity index (χ3n) is 2.94. The summed E-state index contributed by atoms with van der Waals surface area (Å²) in [5, 5.41) is 12.6. The SMILES string of the molecule is NC(=O)Nc1ccc(C(=O)CSc2nnc(-c3cccs3)o2)cc1. The number of amides is 2. The third-order valence-corrected chi connectivity index (χ3v) is 4.62. The molecule has 0 bridgehead atoms. The number of rotatable bonds is 6. The highest BCUT2D eigenvalue weighted by Gasteiger charge is 2.13. The van der Waals surface area contributed by atoms with E-state index in [1.807, 2.05) is 17.5 Å². The minimum absolute atomic E-state index is 0.0819. The van der Waals surface area contributed by atoms with Gasteiger partial charge in [0.15, 0.2) is 5.78 Å². The number of hydrogen-bond acceptors (Lipinski definition) is 7. The first-order chi connectivity index (χ1) is 11.6. The summed E-state index contributed by atoms with van der Waals surface area (Å²) in [6.45, 7) is 0. The normalized spacial score (nSPS) is 10.5. The molecule has 3 rings (SSSR count). The van der Waals surface area contributed by atoms with Crippen LogP contribution < -0.4 is 11.1 Å². The number of Topliss-reactive ketones (excluding diaryl/α,β-unsaturated/α-hetero) is 1. The average Bonchev–Trinajstić information content (AvgIpc) is 3.24. The van der Waals surface area contributed by atoms with Crippen LogP contribution in [-0.2, 0) is 0 Å². The van der Waals surface area contributed by atoms with Crippen LogP contribution in [0, 0.1) is 0 Å². The van der Waals surface area contributed by atoms with Gasteiger partial charge in [-0.3, -0.25) is 4.79 Å². The van der Waals surface area contributed by atoms with Crippen LogP contribution in [0.2, 0.25) is 0 Å². The first-order valence-electron chi connectivity index (χ1n) is 6.82. The maximum absolute atomic E-state index is 12.2. The summed E-state index contributed by atoms with van der Waals surface area (Å²) in [7, 11) is 0. The van der Waals surface area contributed by atoms with Crippen molar-refractivity contribution < 1.29 is 14.0 Å². The molecule has 2 heterocycles. The van der Waals surface area contributed by atoms with Crippen LogP contribution in [0.5, 0.6) is 0 Å². The summed E-state index contributed by atoms with van der Waals surface area (Å²) in [5.41, 5.74) is 6.08. The van der Waals surface area contributed by atoms with Crippen LogP contribution in [0.1, 0.15) is 10.4 Å². The van der Waals surface area contributed by atoms with Crippen LogP contribution in [0.15, 0.2) is 51.4 Å². The summed E-state index contributed by atoms with van der Waals surface area (Å²) in [6.07, 6.45) is 0. The number of nitrogens with zero attached hydrogens (tertiary/aromatic N) is 2. The molecule has 0 fully saturated rings. The van der Waals surface area contributed by atoms with Gasteiger partial charge >= 0.3 is 6.03 Å². The Morgan fingerprint density at radius 1 is 1.21 bits per heavy atom. The highest BCUT2D eigenvalue weighted by Crippen LogP contribution is 2.26. The highest BCUT2D eigenvalue weighted by atomic mass is 32.2. The Kier molecular flexibility index (Phi) is 4.92. The van der Waals surface area contributed by atoms with Crippen molar-refractivity contribution >= 4 is 40.6 Å². The van der Waals surface area contributed by atoms with Gasteiger partial charge in [-0.1, -0.05) is 17.8 Å². The number of thiophene rings is 1. The Labute approximate surface area is 145 Å². The zero-order valence-electron chi connectivity index (χ0n) is 12.3. The predicted molar refractivity (Wildman–Crippen MR) is 92.3 cm³/mol. The molecule has 24 heavy (non-hydrogen) atoms. The lowest BCUT2D eigenvalue weighted by Gasteiger charge is -2.03. The number of carbonyl (C=O) groups excluding carboxylic acids is 2. The van der Waals surface area contributed by atoms with Crippen molar-refractivity contribution in [1.29, 1.82) is 0 Å². The lowest BCUT2D eigenvalue weighted by Crippen LogP contribution is -2.19. The van der Waals surface area contributed by atoms with Crippen LogP contribution in [0.25, 0.3) is 10.8 Å². The Bertz CT molecular complexity index is 844. The van der Waals surface area contributed by atoms with Gasteiger partial charge in [0.25, 0.3) is 11.1 Å². The molecular weight excluding hydrogens is 348 g/mol. The molecule has 122 valence electrons. The molecular formula is C15H12N4O3S2. The zero-order valence-corrected chi connectivity index (χ0v) is 13.9. The molecule has 3 N–H and O–H groups in total. The first kappa shape index (κ1) is 16.2. The predicted octanol–water partition coefficient (Wildman–Crippen LogP) is 3.26. The smallest absolute Gasteiger partial charge is 0.316 e. The molecule has 2 aromatic heterocycles. The second kappa shape index (κ2) is 7.28. The van der Waals surface area contributed by atoms with Crippen molar-refractivity contribution in [3.63, 3.8) is 0 Å². The highest BCUT2D eigenvalue weighted by molar-refractivity contribution is 7.99. The number of nitrogens with two attached hydrogens (primary N) is 1. The molecule has 0 unspecified atom stereocenters. The maximum atomic E-state index is 12.2. The van der Waals surface area contributed by atoms with Gasteiger partial charge in [-0.2, -0.15) is 0 Å². The van der Waals surface area contributed by atoms with E-state index < -0.39 is 6.03 Å². The second-order valence-corrected chi connectivity index (χ2v) is 6.50. The van der Waals surface area contributed by atoms with E-state index in [9.17, 15) is 9.59 Å². The van der Waals surface area contributed by atoms with Gasteiger partial charge in [0, 0.05) is 11.3 Å². The summed E-state index contributed by atoms with van der Waals surface area (Å²) in [5.74, 6) is 0.539. The summed E-state index contributed by atoms with van der Waals surface area (Å²) in [6, 6.07) is 9.62. The van der Waals surface area contributed by atoms with Crippen molar-refractivity contribution in [2.45, 2.75) is 5.22 Å². The number of anilines is 1. The molecule has 0 aliphatic heterocycles. The number of hydrogen-bond donors (Lipinski definition) is 2. The Balaban J connectivity index is 1.58. The van der Waals surface area contributed by atoms with E-state index in [4.69, 9.17) is 10.2 Å². The van der Waals surface area contributed by atoms with E-state index in [0.29, 0.717) is 22.4 Å². The monoisotopic (exact) mass is 360 g/mol. The topological polar surface area (TPSA) is 111 Å². The molecule has 0 aliphatic carbocycles. The van der Waals surface area contributed by atoms with Crippen LogP contribution in [-0.4, -0.2) is 27.8 Å². The fourth-order valence-corrected chi connectivity index (χ4v) is 3.16. The van der Waals surface area contributed by atoms with Gasteiger partial charge in [0.2, 0.25) is 0 Å². The average molecular weight is 360 g/mol. The number of urea groups is 1. The largest absolute Gasteiger partial charge is 0.410 e. The van der Waals surface area contributed by atoms with Crippen molar-refractivity contribution in [3.05, 3.63) is 47.3 Å². The molecule has 0 saturated carbocycles. The van der Waals surface area contributed by atoms with Gasteiger partial charge in [0.05, 0.1) is 10.6 Å².